The van der Waals surface area contributed by atoms with Crippen LogP contribution in [0.2, 0.25) is 5.28 Å². The summed E-state index contributed by atoms with van der Waals surface area (Å²) in [5.74, 6) is 1.38. The molecule has 68 valence electrons. The van der Waals surface area contributed by atoms with Gasteiger partial charge in [-0.1, -0.05) is 5.92 Å². The first-order valence-corrected chi connectivity index (χ1v) is 3.61. The molecule has 1 heterocycles. The molecule has 0 atom stereocenters. The average Bonchev–Trinajstić information content (AvgIpc) is 2.11. The first-order valence-electron chi connectivity index (χ1n) is 3.23. The molecule has 6 heteroatoms. The number of aromatic nitrogens is 2. The summed E-state index contributed by atoms with van der Waals surface area (Å²) in [5, 5.41) is -0.0757. The second-order valence-corrected chi connectivity index (χ2v) is 2.27. The minimum absolute atomic E-state index is 0.00105. The predicted molar refractivity (Wildman–Crippen MR) is 45.4 cm³/mol. The van der Waals surface area contributed by atoms with E-state index in [0.29, 0.717) is 0 Å². The molecular formula is C7H5ClFN3O. The second-order valence-electron chi connectivity index (χ2n) is 1.93. The highest BCUT2D eigenvalue weighted by Crippen LogP contribution is 2.11. The third-order valence-electron chi connectivity index (χ3n) is 1.04. The Morgan fingerprint density at radius 2 is 2.54 bits per heavy atom. The maximum absolute atomic E-state index is 12.8. The predicted octanol–water partition coefficient (Wildman–Crippen LogP) is 1.25. The van der Waals surface area contributed by atoms with Crippen LogP contribution in [-0.2, 0) is 4.84 Å². The van der Waals surface area contributed by atoms with Gasteiger partial charge in [0.05, 0.1) is 6.20 Å². The Kier molecular flexibility index (Phi) is 3.43. The molecule has 1 aromatic rings. The van der Waals surface area contributed by atoms with E-state index in [4.69, 9.17) is 18.0 Å². The Balaban J connectivity index is 2.65. The number of hydrogen-bond donors (Lipinski definition) is 1. The molecule has 0 amide bonds. The summed E-state index contributed by atoms with van der Waals surface area (Å²) < 4.78 is 12.8. The molecule has 0 aliphatic rings. The molecule has 0 spiro atoms. The van der Waals surface area contributed by atoms with Crippen molar-refractivity contribution in [2.45, 2.75) is 0 Å². The van der Waals surface area contributed by atoms with Crippen molar-refractivity contribution in [1.29, 1.82) is 0 Å². The highest BCUT2D eigenvalue weighted by Gasteiger charge is 2.04. The van der Waals surface area contributed by atoms with Crippen LogP contribution < -0.4 is 5.48 Å². The third-order valence-corrected chi connectivity index (χ3v) is 1.22. The fourth-order valence-electron chi connectivity index (χ4n) is 0.563. The van der Waals surface area contributed by atoms with E-state index in [1.54, 1.807) is 0 Å². The SMILES string of the molecule is C#CCONc1nc(Cl)ncc1F. The topological polar surface area (TPSA) is 47.0 Å². The molecule has 0 saturated carbocycles. The number of hydrogen-bond acceptors (Lipinski definition) is 4. The van der Waals surface area contributed by atoms with Gasteiger partial charge in [0.2, 0.25) is 5.28 Å². The van der Waals surface area contributed by atoms with Crippen molar-refractivity contribution in [1.82, 2.24) is 9.97 Å². The van der Waals surface area contributed by atoms with E-state index in [0.717, 1.165) is 6.20 Å². The molecule has 0 fully saturated rings. The monoisotopic (exact) mass is 201 g/mol. The molecule has 1 aromatic heterocycles. The Labute approximate surface area is 79.1 Å². The van der Waals surface area contributed by atoms with Crippen LogP contribution in [0.1, 0.15) is 0 Å². The summed E-state index contributed by atoms with van der Waals surface area (Å²) in [7, 11) is 0. The number of halogens is 2. The van der Waals surface area contributed by atoms with Gasteiger partial charge in [-0.3, -0.25) is 4.84 Å². The highest BCUT2D eigenvalue weighted by molar-refractivity contribution is 6.28. The van der Waals surface area contributed by atoms with E-state index < -0.39 is 5.82 Å². The normalized spacial score (nSPS) is 9.31. The van der Waals surface area contributed by atoms with Gasteiger partial charge in [-0.2, -0.15) is 4.98 Å². The Morgan fingerprint density at radius 3 is 3.23 bits per heavy atom. The summed E-state index contributed by atoms with van der Waals surface area (Å²) >= 11 is 5.40. The van der Waals surface area contributed by atoms with Crippen LogP contribution in [0.4, 0.5) is 10.2 Å². The standard InChI is InChI=1S/C7H5ClFN3O/c1-2-3-13-12-6-5(9)4-10-7(8)11-6/h1,4H,3H2,(H,10,11,12). The van der Waals surface area contributed by atoms with Crippen molar-refractivity contribution in [2.75, 3.05) is 12.1 Å². The summed E-state index contributed by atoms with van der Waals surface area (Å²) in [5.41, 5.74) is 2.20. The van der Waals surface area contributed by atoms with Gasteiger partial charge >= 0.3 is 0 Å². The lowest BCUT2D eigenvalue weighted by atomic mass is 10.6. The van der Waals surface area contributed by atoms with Crippen LogP contribution in [0.25, 0.3) is 0 Å². The largest absolute Gasteiger partial charge is 0.262 e. The quantitative estimate of drug-likeness (QED) is 0.346. The summed E-state index contributed by atoms with van der Waals surface area (Å²) in [6.07, 6.45) is 5.82. The van der Waals surface area contributed by atoms with Crippen molar-refractivity contribution >= 4 is 17.4 Å². The lowest BCUT2D eigenvalue weighted by Crippen LogP contribution is -2.05. The van der Waals surface area contributed by atoms with Crippen molar-refractivity contribution in [3.05, 3.63) is 17.3 Å². The Bertz CT molecular complexity index is 339. The van der Waals surface area contributed by atoms with Crippen molar-refractivity contribution in [3.8, 4) is 12.3 Å². The molecule has 0 aliphatic heterocycles. The number of terminal acetylenes is 1. The second kappa shape index (κ2) is 4.60. The van der Waals surface area contributed by atoms with E-state index >= 15 is 0 Å². The Hall–Kier alpha value is -1.38. The summed E-state index contributed by atoms with van der Waals surface area (Å²) in [6.45, 7) is 0.00105. The van der Waals surface area contributed by atoms with E-state index in [1.807, 2.05) is 0 Å². The third kappa shape index (κ3) is 2.86. The molecule has 0 saturated heterocycles. The molecule has 1 N–H and O–H groups in total. The number of nitrogens with one attached hydrogen (secondary N) is 1. The zero-order valence-electron chi connectivity index (χ0n) is 6.42. The fraction of sp³-hybridized carbons (Fsp3) is 0.143. The van der Waals surface area contributed by atoms with Gasteiger partial charge in [-0.25, -0.2) is 14.9 Å². The van der Waals surface area contributed by atoms with E-state index in [2.05, 4.69) is 26.2 Å². The van der Waals surface area contributed by atoms with Crippen LogP contribution in [0.5, 0.6) is 0 Å². The van der Waals surface area contributed by atoms with Gasteiger partial charge in [0.25, 0.3) is 0 Å². The van der Waals surface area contributed by atoms with Crippen molar-refractivity contribution in [3.63, 3.8) is 0 Å². The minimum atomic E-state index is -0.665. The molecule has 0 unspecified atom stereocenters. The zero-order valence-corrected chi connectivity index (χ0v) is 7.18. The van der Waals surface area contributed by atoms with Gasteiger partial charge in [0.15, 0.2) is 11.6 Å². The van der Waals surface area contributed by atoms with Gasteiger partial charge < -0.3 is 0 Å². The maximum Gasteiger partial charge on any atom is 0.224 e. The first-order chi connectivity index (χ1) is 6.24. The number of anilines is 1. The van der Waals surface area contributed by atoms with Crippen molar-refractivity contribution < 1.29 is 9.23 Å². The number of rotatable bonds is 3. The van der Waals surface area contributed by atoms with Crippen molar-refractivity contribution in [2.24, 2.45) is 0 Å². The van der Waals surface area contributed by atoms with E-state index in [-0.39, 0.29) is 17.7 Å². The lowest BCUT2D eigenvalue weighted by Gasteiger charge is -2.03. The van der Waals surface area contributed by atoms with Crippen LogP contribution >= 0.6 is 11.6 Å². The summed E-state index contributed by atoms with van der Waals surface area (Å²) in [6, 6.07) is 0. The lowest BCUT2D eigenvalue weighted by molar-refractivity contribution is 0.230. The Morgan fingerprint density at radius 1 is 1.77 bits per heavy atom. The molecule has 4 nitrogen and oxygen atoms in total. The molecule has 0 aromatic carbocycles. The van der Waals surface area contributed by atoms with Gasteiger partial charge in [-0.15, -0.1) is 6.42 Å². The van der Waals surface area contributed by atoms with E-state index in [9.17, 15) is 4.39 Å². The van der Waals surface area contributed by atoms with Crippen LogP contribution in [0, 0.1) is 18.2 Å². The van der Waals surface area contributed by atoms with Gasteiger partial charge in [0.1, 0.15) is 6.61 Å². The molecule has 0 radical (unpaired) electrons. The average molecular weight is 202 g/mol. The maximum atomic E-state index is 12.8. The molecular weight excluding hydrogens is 197 g/mol. The van der Waals surface area contributed by atoms with Crippen LogP contribution in [0.3, 0.4) is 0 Å². The number of nitrogens with zero attached hydrogens (tertiary/aromatic N) is 2. The van der Waals surface area contributed by atoms with Crippen LogP contribution in [-0.4, -0.2) is 16.6 Å². The minimum Gasteiger partial charge on any atom is -0.262 e. The van der Waals surface area contributed by atoms with Gasteiger partial charge in [-0.05, 0) is 11.6 Å². The van der Waals surface area contributed by atoms with Gasteiger partial charge in [0, 0.05) is 0 Å². The first kappa shape index (κ1) is 9.71. The fourth-order valence-corrected chi connectivity index (χ4v) is 0.697. The molecule has 0 bridgehead atoms. The zero-order chi connectivity index (χ0) is 9.68. The molecule has 13 heavy (non-hydrogen) atoms. The molecule has 1 rings (SSSR count). The van der Waals surface area contributed by atoms with E-state index in [1.165, 1.54) is 0 Å². The smallest absolute Gasteiger partial charge is 0.224 e. The van der Waals surface area contributed by atoms with Crippen LogP contribution in [0.15, 0.2) is 6.20 Å². The summed E-state index contributed by atoms with van der Waals surface area (Å²) in [4.78, 5) is 11.6. The molecule has 0 aliphatic carbocycles. The highest BCUT2D eigenvalue weighted by atomic mass is 35.5.